The summed E-state index contributed by atoms with van der Waals surface area (Å²) < 4.78 is 0. The second-order valence-corrected chi connectivity index (χ2v) is 3.50. The van der Waals surface area contributed by atoms with Crippen molar-refractivity contribution in [1.29, 1.82) is 0 Å². The summed E-state index contributed by atoms with van der Waals surface area (Å²) in [5.41, 5.74) is 0. The number of aliphatic hydroxyl groups is 11. The Hall–Kier alpha value is -0.770. The summed E-state index contributed by atoms with van der Waals surface area (Å²) in [7, 11) is 0. The van der Waals surface area contributed by atoms with Crippen molar-refractivity contribution in [1.82, 2.24) is 0 Å². The summed E-state index contributed by atoms with van der Waals surface area (Å²) in [4.78, 5) is 10.1. The molecule has 0 heterocycles. The molecule has 0 aromatic heterocycles. The molecule has 0 amide bonds. The SMILES string of the molecule is O=CC(O)(O)C(O)(O)C(O)(O)C(O)(O)C(O)(O)O. The fourth-order valence-corrected chi connectivity index (χ4v) is 0.816. The minimum Gasteiger partial charge on any atom is -0.357 e. The lowest BCUT2D eigenvalue weighted by Crippen LogP contribution is -2.81. The predicted octanol–water partition coefficient (Wildman–Crippen LogP) is -7.46. The van der Waals surface area contributed by atoms with Crippen LogP contribution in [-0.2, 0) is 4.79 Å². The van der Waals surface area contributed by atoms with Crippen LogP contribution >= 0.6 is 0 Å². The van der Waals surface area contributed by atoms with E-state index < -0.39 is 35.4 Å². The van der Waals surface area contributed by atoms with Crippen molar-refractivity contribution >= 4 is 6.29 Å². The van der Waals surface area contributed by atoms with Crippen LogP contribution in [-0.4, -0.2) is 91.6 Å². The van der Waals surface area contributed by atoms with E-state index in [1.54, 1.807) is 0 Å². The Morgan fingerprint density at radius 3 is 1.11 bits per heavy atom. The Balaban J connectivity index is 5.87. The first-order valence-corrected chi connectivity index (χ1v) is 3.98. The molecule has 0 fully saturated rings. The number of carbonyl (C=O) groups is 1. The normalized spacial score (nSPS) is 15.7. The Kier molecular flexibility index (Phi) is 3.94. The van der Waals surface area contributed by atoms with E-state index in [0.717, 1.165) is 0 Å². The van der Waals surface area contributed by atoms with E-state index in [4.69, 9.17) is 56.2 Å². The topological polar surface area (TPSA) is 240 Å². The van der Waals surface area contributed by atoms with Crippen molar-refractivity contribution in [2.45, 2.75) is 29.1 Å². The Labute approximate surface area is 97.5 Å². The molecule has 0 aromatic carbocycles. The second kappa shape index (κ2) is 4.12. The van der Waals surface area contributed by atoms with E-state index in [-0.39, 0.29) is 0 Å². The van der Waals surface area contributed by atoms with Crippen molar-refractivity contribution in [2.75, 3.05) is 0 Å². The van der Waals surface area contributed by atoms with Crippen LogP contribution in [0.3, 0.4) is 0 Å². The molecule has 11 N–H and O–H groups in total. The minimum absolute atomic E-state index is 1.06. The first-order valence-electron chi connectivity index (χ1n) is 3.98. The highest BCUT2D eigenvalue weighted by molar-refractivity contribution is 5.61. The molecule has 0 radical (unpaired) electrons. The van der Waals surface area contributed by atoms with Crippen LogP contribution in [0.5, 0.6) is 0 Å². The van der Waals surface area contributed by atoms with E-state index in [9.17, 15) is 4.79 Å². The fourth-order valence-electron chi connectivity index (χ4n) is 0.816. The first-order chi connectivity index (χ1) is 7.56. The van der Waals surface area contributed by atoms with E-state index in [2.05, 4.69) is 0 Å². The zero-order valence-electron chi connectivity index (χ0n) is 8.40. The van der Waals surface area contributed by atoms with E-state index in [0.29, 0.717) is 0 Å². The Morgan fingerprint density at radius 2 is 0.889 bits per heavy atom. The molecule has 0 bridgehead atoms. The third-order valence-electron chi connectivity index (χ3n) is 2.12. The monoisotopic (exact) mass is 276 g/mol. The Morgan fingerprint density at radius 1 is 0.556 bits per heavy atom. The summed E-state index contributed by atoms with van der Waals surface area (Å²) in [6.07, 6.45) is -1.06. The van der Waals surface area contributed by atoms with Gasteiger partial charge in [0.05, 0.1) is 0 Å². The number of hydrogen-bond acceptors (Lipinski definition) is 12. The van der Waals surface area contributed by atoms with Crippen LogP contribution in [0, 0.1) is 0 Å². The summed E-state index contributed by atoms with van der Waals surface area (Å²) in [6.45, 7) is 0. The quantitative estimate of drug-likeness (QED) is 0.166. The summed E-state index contributed by atoms with van der Waals surface area (Å²) >= 11 is 0. The number of hydrogen-bond donors (Lipinski definition) is 11. The van der Waals surface area contributed by atoms with Gasteiger partial charge in [0.15, 0.2) is 6.29 Å². The van der Waals surface area contributed by atoms with Gasteiger partial charge in [-0.25, -0.2) is 0 Å². The molecule has 0 aromatic rings. The molecule has 0 aliphatic carbocycles. The molecule has 0 saturated carbocycles. The molecule has 12 heteroatoms. The average molecular weight is 276 g/mol. The maximum atomic E-state index is 10.1. The van der Waals surface area contributed by atoms with Crippen molar-refractivity contribution in [2.24, 2.45) is 0 Å². The van der Waals surface area contributed by atoms with Gasteiger partial charge in [-0.05, 0) is 0 Å². The zero-order valence-corrected chi connectivity index (χ0v) is 8.40. The van der Waals surface area contributed by atoms with Crippen LogP contribution in [0.4, 0.5) is 0 Å². The fraction of sp³-hybridized carbons (Fsp3) is 0.833. The maximum absolute atomic E-state index is 10.1. The van der Waals surface area contributed by atoms with Gasteiger partial charge in [0.25, 0.3) is 17.4 Å². The van der Waals surface area contributed by atoms with Gasteiger partial charge in [-0.15, -0.1) is 0 Å². The molecule has 0 atom stereocenters. The maximum Gasteiger partial charge on any atom is 0.338 e. The van der Waals surface area contributed by atoms with Crippen molar-refractivity contribution in [3.8, 4) is 0 Å². The third kappa shape index (κ3) is 2.11. The molecule has 0 spiro atoms. The molecule has 12 nitrogen and oxygen atoms in total. The lowest BCUT2D eigenvalue weighted by Gasteiger charge is -2.47. The standard InChI is InChI=1S/C6H12O12/c7-1-2(8,9)3(10,11)4(12,13)5(14,15)6(16,17)18/h1,8-18H. The van der Waals surface area contributed by atoms with E-state index >= 15 is 0 Å². The van der Waals surface area contributed by atoms with Crippen LogP contribution in [0.1, 0.15) is 0 Å². The molecule has 108 valence electrons. The van der Waals surface area contributed by atoms with Gasteiger partial charge >= 0.3 is 11.8 Å². The van der Waals surface area contributed by atoms with Gasteiger partial charge in [0.2, 0.25) is 0 Å². The van der Waals surface area contributed by atoms with Crippen molar-refractivity contribution in [3.63, 3.8) is 0 Å². The smallest absolute Gasteiger partial charge is 0.338 e. The van der Waals surface area contributed by atoms with Gasteiger partial charge in [-0.3, -0.25) is 4.79 Å². The van der Waals surface area contributed by atoms with Gasteiger partial charge in [0, 0.05) is 0 Å². The molecular formula is C6H12O12. The lowest BCUT2D eigenvalue weighted by molar-refractivity contribution is -0.560. The lowest BCUT2D eigenvalue weighted by atomic mass is 9.88. The largest absolute Gasteiger partial charge is 0.357 e. The highest BCUT2D eigenvalue weighted by Crippen LogP contribution is 2.37. The first kappa shape index (κ1) is 17.2. The zero-order chi connectivity index (χ0) is 15.2. The average Bonchev–Trinajstić information content (AvgIpc) is 2.15. The van der Waals surface area contributed by atoms with Crippen molar-refractivity contribution in [3.05, 3.63) is 0 Å². The van der Waals surface area contributed by atoms with Crippen LogP contribution in [0.15, 0.2) is 0 Å². The second-order valence-electron chi connectivity index (χ2n) is 3.50. The number of carbonyl (C=O) groups excluding carboxylic acids is 1. The van der Waals surface area contributed by atoms with Crippen LogP contribution in [0.2, 0.25) is 0 Å². The molecule has 0 unspecified atom stereocenters. The van der Waals surface area contributed by atoms with Gasteiger partial charge in [0.1, 0.15) is 0 Å². The van der Waals surface area contributed by atoms with Gasteiger partial charge in [-0.1, -0.05) is 0 Å². The predicted molar refractivity (Wildman–Crippen MR) is 44.1 cm³/mol. The van der Waals surface area contributed by atoms with Gasteiger partial charge in [-0.2, -0.15) is 0 Å². The molecule has 0 aliphatic rings. The molecule has 0 aliphatic heterocycles. The van der Waals surface area contributed by atoms with Gasteiger partial charge < -0.3 is 56.2 Å². The third-order valence-corrected chi connectivity index (χ3v) is 2.12. The summed E-state index contributed by atoms with van der Waals surface area (Å²) in [5.74, 6) is -23.9. The molecular weight excluding hydrogens is 264 g/mol. The molecule has 0 rings (SSSR count). The van der Waals surface area contributed by atoms with Crippen LogP contribution < -0.4 is 0 Å². The number of aldehydes is 1. The van der Waals surface area contributed by atoms with E-state index in [1.165, 1.54) is 0 Å². The summed E-state index contributed by atoms with van der Waals surface area (Å²) in [6, 6.07) is 0. The molecule has 18 heavy (non-hydrogen) atoms. The number of rotatable bonds is 5. The Bertz CT molecular complexity index is 322. The molecule has 0 saturated heterocycles. The highest BCUT2D eigenvalue weighted by Gasteiger charge is 2.76. The van der Waals surface area contributed by atoms with Crippen LogP contribution in [0.25, 0.3) is 0 Å². The minimum atomic E-state index is -5.00. The highest BCUT2D eigenvalue weighted by atomic mass is 16.8. The van der Waals surface area contributed by atoms with Crippen molar-refractivity contribution < 1.29 is 61.0 Å². The van der Waals surface area contributed by atoms with E-state index in [1.807, 2.05) is 0 Å². The summed E-state index contributed by atoms with van der Waals surface area (Å²) in [5, 5.41) is 96.1.